The minimum Gasteiger partial charge on any atom is -0.385 e. The number of nitrogens with one attached hydrogen (secondary N) is 1. The van der Waals surface area contributed by atoms with Crippen molar-refractivity contribution in [2.24, 2.45) is 0 Å². The predicted octanol–water partition coefficient (Wildman–Crippen LogP) is 1.08. The molecule has 0 aliphatic carbocycles. The second-order valence-electron chi connectivity index (χ2n) is 4.53. The first-order valence-corrected chi connectivity index (χ1v) is 8.29. The lowest BCUT2D eigenvalue weighted by atomic mass is 10.1. The highest BCUT2D eigenvalue weighted by atomic mass is 32.2. The molecule has 1 aromatic rings. The Morgan fingerprint density at radius 3 is 2.85 bits per heavy atom. The largest absolute Gasteiger partial charge is 0.385 e. The Bertz CT molecular complexity index is 606. The third kappa shape index (κ3) is 3.08. The second-order valence-corrected chi connectivity index (χ2v) is 7.56. The van der Waals surface area contributed by atoms with Crippen LogP contribution in [0.15, 0.2) is 10.3 Å². The van der Waals surface area contributed by atoms with Crippen LogP contribution in [0.5, 0.6) is 0 Å². The van der Waals surface area contributed by atoms with Crippen molar-refractivity contribution in [3.8, 4) is 0 Å². The van der Waals surface area contributed by atoms with Crippen molar-refractivity contribution in [1.82, 2.24) is 4.72 Å². The zero-order valence-electron chi connectivity index (χ0n) is 10.7. The zero-order valence-corrected chi connectivity index (χ0v) is 12.4. The highest BCUT2D eigenvalue weighted by molar-refractivity contribution is 7.91. The van der Waals surface area contributed by atoms with Crippen LogP contribution < -0.4 is 10.5 Å². The van der Waals surface area contributed by atoms with Gasteiger partial charge in [0.2, 0.25) is 0 Å². The molecular weight excluding hydrogens is 306 g/mol. The number of anilines is 1. The van der Waals surface area contributed by atoms with Crippen LogP contribution in [0.25, 0.3) is 0 Å². The van der Waals surface area contributed by atoms with Crippen LogP contribution in [-0.4, -0.2) is 32.1 Å². The van der Waals surface area contributed by atoms with E-state index in [1.807, 2.05) is 0 Å². The molecule has 0 aromatic carbocycles. The monoisotopic (exact) mass is 321 g/mol. The molecule has 1 aliphatic heterocycles. The standard InChI is InChI=1S/C10H15N3O5S2/c1-6(8-3-2-4-18-8)12-20(16,17)9-5-7(13(14)15)10(11)19-9/h5-6,8,12H,2-4,11H2,1H3. The highest BCUT2D eigenvalue weighted by Crippen LogP contribution is 2.34. The first-order valence-electron chi connectivity index (χ1n) is 5.99. The Labute approximate surface area is 120 Å². The summed E-state index contributed by atoms with van der Waals surface area (Å²) in [7, 11) is -3.83. The normalized spacial score (nSPS) is 20.9. The molecular formula is C10H15N3O5S2. The Hall–Kier alpha value is -1.23. The molecule has 10 heteroatoms. The molecule has 1 aromatic heterocycles. The predicted molar refractivity (Wildman–Crippen MR) is 74.1 cm³/mol. The molecule has 0 bridgehead atoms. The molecule has 2 rings (SSSR count). The van der Waals surface area contributed by atoms with E-state index in [2.05, 4.69) is 4.72 Å². The zero-order chi connectivity index (χ0) is 14.9. The van der Waals surface area contributed by atoms with Gasteiger partial charge in [-0.2, -0.15) is 0 Å². The number of sulfonamides is 1. The molecule has 112 valence electrons. The van der Waals surface area contributed by atoms with Crippen LogP contribution >= 0.6 is 11.3 Å². The molecule has 8 nitrogen and oxygen atoms in total. The first kappa shape index (κ1) is 15.2. The van der Waals surface area contributed by atoms with Gasteiger partial charge in [0.1, 0.15) is 4.21 Å². The number of nitrogen functional groups attached to an aromatic ring is 1. The summed E-state index contributed by atoms with van der Waals surface area (Å²) in [6.45, 7) is 2.33. The topological polar surface area (TPSA) is 125 Å². The van der Waals surface area contributed by atoms with Crippen LogP contribution in [-0.2, 0) is 14.8 Å². The van der Waals surface area contributed by atoms with Gasteiger partial charge in [0.25, 0.3) is 10.0 Å². The highest BCUT2D eigenvalue weighted by Gasteiger charge is 2.30. The molecule has 2 heterocycles. The smallest absolute Gasteiger partial charge is 0.304 e. The van der Waals surface area contributed by atoms with Crippen LogP contribution in [0.3, 0.4) is 0 Å². The van der Waals surface area contributed by atoms with Crippen molar-refractivity contribution in [2.45, 2.75) is 36.1 Å². The maximum absolute atomic E-state index is 12.2. The van der Waals surface area contributed by atoms with Gasteiger partial charge in [-0.25, -0.2) is 13.1 Å². The van der Waals surface area contributed by atoms with Crippen LogP contribution in [0.1, 0.15) is 19.8 Å². The Balaban J connectivity index is 2.17. The number of nitro groups is 1. The van der Waals surface area contributed by atoms with Crippen molar-refractivity contribution >= 4 is 32.0 Å². The summed E-state index contributed by atoms with van der Waals surface area (Å²) < 4.78 is 32.0. The van der Waals surface area contributed by atoms with Gasteiger partial charge in [-0.05, 0) is 19.8 Å². The fourth-order valence-corrected chi connectivity index (χ4v) is 4.53. The van der Waals surface area contributed by atoms with Crippen molar-refractivity contribution < 1.29 is 18.1 Å². The average molecular weight is 321 g/mol. The molecule has 3 N–H and O–H groups in total. The van der Waals surface area contributed by atoms with E-state index in [0.29, 0.717) is 17.9 Å². The molecule has 0 amide bonds. The van der Waals surface area contributed by atoms with Gasteiger partial charge in [-0.15, -0.1) is 0 Å². The summed E-state index contributed by atoms with van der Waals surface area (Å²) in [5.41, 5.74) is 5.06. The molecule has 20 heavy (non-hydrogen) atoms. The first-order chi connectivity index (χ1) is 9.31. The molecule has 1 aliphatic rings. The molecule has 1 fully saturated rings. The van der Waals surface area contributed by atoms with E-state index in [1.165, 1.54) is 0 Å². The number of hydrogen-bond acceptors (Lipinski definition) is 7. The van der Waals surface area contributed by atoms with Crippen LogP contribution in [0, 0.1) is 10.1 Å². The van der Waals surface area contributed by atoms with Gasteiger partial charge in [0.15, 0.2) is 5.00 Å². The summed E-state index contributed by atoms with van der Waals surface area (Å²) in [6, 6.07) is 0.578. The number of ether oxygens (including phenoxy) is 1. The van der Waals surface area contributed by atoms with E-state index in [1.54, 1.807) is 6.92 Å². The Morgan fingerprint density at radius 2 is 2.35 bits per heavy atom. The third-order valence-corrected chi connectivity index (χ3v) is 6.03. The minimum absolute atomic E-state index is 0.125. The maximum atomic E-state index is 12.2. The quantitative estimate of drug-likeness (QED) is 0.617. The van der Waals surface area contributed by atoms with Crippen molar-refractivity contribution in [3.63, 3.8) is 0 Å². The second kappa shape index (κ2) is 5.64. The van der Waals surface area contributed by atoms with Gasteiger partial charge >= 0.3 is 5.69 Å². The van der Waals surface area contributed by atoms with Crippen molar-refractivity contribution in [3.05, 3.63) is 16.2 Å². The number of nitrogens with zero attached hydrogens (tertiary/aromatic N) is 1. The lowest BCUT2D eigenvalue weighted by molar-refractivity contribution is -0.383. The van der Waals surface area contributed by atoms with Gasteiger partial charge in [0, 0.05) is 18.7 Å². The van der Waals surface area contributed by atoms with Gasteiger partial charge in [-0.1, -0.05) is 11.3 Å². The number of nitrogens with two attached hydrogens (primary N) is 1. The lowest BCUT2D eigenvalue weighted by Gasteiger charge is -2.19. The van der Waals surface area contributed by atoms with Gasteiger partial charge in [0.05, 0.1) is 11.0 Å². The minimum atomic E-state index is -3.83. The van der Waals surface area contributed by atoms with E-state index >= 15 is 0 Å². The molecule has 2 atom stereocenters. The summed E-state index contributed by atoms with van der Waals surface area (Å²) in [5.74, 6) is 0. The molecule has 2 unspecified atom stereocenters. The lowest BCUT2D eigenvalue weighted by Crippen LogP contribution is -2.40. The number of hydrogen-bond donors (Lipinski definition) is 2. The molecule has 1 saturated heterocycles. The average Bonchev–Trinajstić information content (AvgIpc) is 2.96. The fraction of sp³-hybridized carbons (Fsp3) is 0.600. The van der Waals surface area contributed by atoms with E-state index in [-0.39, 0.29) is 21.0 Å². The number of rotatable bonds is 5. The van der Waals surface area contributed by atoms with Gasteiger partial charge in [-0.3, -0.25) is 10.1 Å². The summed E-state index contributed by atoms with van der Waals surface area (Å²) >= 11 is 0.679. The number of thiophene rings is 1. The van der Waals surface area contributed by atoms with E-state index in [9.17, 15) is 18.5 Å². The summed E-state index contributed by atoms with van der Waals surface area (Å²) in [5, 5.41) is 10.6. The Kier molecular flexibility index (Phi) is 4.28. The summed E-state index contributed by atoms with van der Waals surface area (Å²) in [4.78, 5) is 9.99. The van der Waals surface area contributed by atoms with Crippen LogP contribution in [0.2, 0.25) is 0 Å². The van der Waals surface area contributed by atoms with Crippen molar-refractivity contribution in [1.29, 1.82) is 0 Å². The van der Waals surface area contributed by atoms with E-state index in [0.717, 1.165) is 18.9 Å². The van der Waals surface area contributed by atoms with E-state index < -0.39 is 21.0 Å². The fourth-order valence-electron chi connectivity index (χ4n) is 2.02. The maximum Gasteiger partial charge on any atom is 0.304 e. The molecule has 0 saturated carbocycles. The summed E-state index contributed by atoms with van der Waals surface area (Å²) in [6.07, 6.45) is 1.52. The third-order valence-electron chi connectivity index (χ3n) is 3.04. The van der Waals surface area contributed by atoms with E-state index in [4.69, 9.17) is 10.5 Å². The molecule has 0 spiro atoms. The Morgan fingerprint density at radius 1 is 1.65 bits per heavy atom. The molecule has 0 radical (unpaired) electrons. The van der Waals surface area contributed by atoms with Crippen molar-refractivity contribution in [2.75, 3.05) is 12.3 Å². The SMILES string of the molecule is CC(NS(=O)(=O)c1cc([N+](=O)[O-])c(N)s1)C1CCCO1. The van der Waals surface area contributed by atoms with Crippen LogP contribution in [0.4, 0.5) is 10.7 Å². The van der Waals surface area contributed by atoms with Gasteiger partial charge < -0.3 is 10.5 Å².